The Morgan fingerprint density at radius 1 is 0.882 bits per heavy atom. The van der Waals surface area contributed by atoms with Gasteiger partial charge in [-0.05, 0) is 24.2 Å². The summed E-state index contributed by atoms with van der Waals surface area (Å²) >= 11 is 0. The van der Waals surface area contributed by atoms with Crippen molar-refractivity contribution in [1.82, 2.24) is 0 Å². The number of fused-ring (bicyclic) bond motifs is 3. The van der Waals surface area contributed by atoms with Crippen molar-refractivity contribution in [3.63, 3.8) is 0 Å². The van der Waals surface area contributed by atoms with E-state index in [0.29, 0.717) is 5.92 Å². The van der Waals surface area contributed by atoms with Gasteiger partial charge >= 0.3 is 21.1 Å². The summed E-state index contributed by atoms with van der Waals surface area (Å²) in [5.74, 6) is 4.78. The molecule has 3 aliphatic carbocycles. The molecule has 0 saturated heterocycles. The van der Waals surface area contributed by atoms with Crippen molar-refractivity contribution in [2.45, 2.75) is 57.8 Å². The molecule has 0 amide bonds. The molecule has 3 aliphatic rings. The van der Waals surface area contributed by atoms with Crippen LogP contribution in [0.15, 0.2) is 0 Å². The third-order valence-electron chi connectivity index (χ3n) is 5.60. The predicted octanol–water partition coefficient (Wildman–Crippen LogP) is 4.65. The van der Waals surface area contributed by atoms with Crippen molar-refractivity contribution in [1.29, 1.82) is 0 Å². The first-order valence-electron chi connectivity index (χ1n) is 7.49. The van der Waals surface area contributed by atoms with Gasteiger partial charge in [-0.3, -0.25) is 5.92 Å². The first-order valence-corrected chi connectivity index (χ1v) is 7.49. The number of hydrogen-bond acceptors (Lipinski definition) is 0. The van der Waals surface area contributed by atoms with Crippen LogP contribution in [0.3, 0.4) is 0 Å². The molecule has 3 fully saturated rings. The number of rotatable bonds is 0. The molecule has 17 heavy (non-hydrogen) atoms. The first kappa shape index (κ1) is 14.1. The van der Waals surface area contributed by atoms with Crippen molar-refractivity contribution >= 4 is 0 Å². The van der Waals surface area contributed by atoms with E-state index in [1.54, 1.807) is 6.42 Å². The minimum absolute atomic E-state index is 0. The average Bonchev–Trinajstić information content (AvgIpc) is 2.29. The second-order valence-electron chi connectivity index (χ2n) is 6.61. The van der Waals surface area contributed by atoms with Crippen molar-refractivity contribution < 1.29 is 21.1 Å². The molecule has 1 heteroatoms. The normalized spacial score (nSPS) is 46.1. The Kier molecular flexibility index (Phi) is 5.16. The molecule has 0 radical (unpaired) electrons. The van der Waals surface area contributed by atoms with Crippen LogP contribution in [-0.4, -0.2) is 0 Å². The second-order valence-corrected chi connectivity index (χ2v) is 6.61. The van der Waals surface area contributed by atoms with Gasteiger partial charge in [0, 0.05) is 0 Å². The van der Waals surface area contributed by atoms with Crippen LogP contribution >= 0.6 is 0 Å². The minimum atomic E-state index is 0. The molecule has 0 heterocycles. The van der Waals surface area contributed by atoms with Crippen LogP contribution in [0.5, 0.6) is 0 Å². The Bertz CT molecular complexity index is 238. The van der Waals surface area contributed by atoms with Gasteiger partial charge in [-0.25, -0.2) is 0 Å². The molecular formula is C16H26W. The van der Waals surface area contributed by atoms with Crippen LogP contribution in [-0.2, 0) is 21.1 Å². The van der Waals surface area contributed by atoms with Gasteiger partial charge in [-0.2, -0.15) is 6.42 Å². The summed E-state index contributed by atoms with van der Waals surface area (Å²) in [6, 6.07) is 0. The third-order valence-corrected chi connectivity index (χ3v) is 5.60. The van der Waals surface area contributed by atoms with E-state index in [1.807, 2.05) is 0 Å². The summed E-state index contributed by atoms with van der Waals surface area (Å²) in [7, 11) is 0. The average molecular weight is 402 g/mol. The summed E-state index contributed by atoms with van der Waals surface area (Å²) in [5, 5.41) is 0. The molecule has 2 bridgehead atoms. The predicted molar refractivity (Wildman–Crippen MR) is 68.7 cm³/mol. The fourth-order valence-electron chi connectivity index (χ4n) is 4.70. The molecule has 5 atom stereocenters. The van der Waals surface area contributed by atoms with E-state index in [4.69, 9.17) is 0 Å². The van der Waals surface area contributed by atoms with Gasteiger partial charge in [0.25, 0.3) is 0 Å². The molecule has 0 spiro atoms. The van der Waals surface area contributed by atoms with Crippen molar-refractivity contribution in [2.75, 3.05) is 0 Å². The summed E-state index contributed by atoms with van der Waals surface area (Å²) in [6.07, 6.45) is 16.0. The summed E-state index contributed by atoms with van der Waals surface area (Å²) in [4.78, 5) is 0. The Hall–Kier alpha value is 0.688. The van der Waals surface area contributed by atoms with Crippen molar-refractivity contribution in [2.24, 2.45) is 29.6 Å². The molecule has 0 aromatic heterocycles. The first-order chi connectivity index (χ1) is 7.83. The van der Waals surface area contributed by atoms with E-state index in [9.17, 15) is 0 Å². The Balaban J connectivity index is 0.00000108. The maximum absolute atomic E-state index is 4.40. The molecular weight excluding hydrogens is 376 g/mol. The van der Waals surface area contributed by atoms with Gasteiger partial charge in [0.1, 0.15) is 0 Å². The van der Waals surface area contributed by atoms with E-state index in [-0.39, 0.29) is 21.1 Å². The topological polar surface area (TPSA) is 0 Å². The molecule has 5 unspecified atom stereocenters. The zero-order valence-corrected chi connectivity index (χ0v) is 13.9. The molecule has 0 aliphatic heterocycles. The van der Waals surface area contributed by atoms with Gasteiger partial charge < -0.3 is 13.3 Å². The number of hydrogen-bond donors (Lipinski definition) is 0. The molecule has 0 aromatic rings. The molecule has 0 N–H and O–H groups in total. The quantitative estimate of drug-likeness (QED) is 0.518. The fraction of sp³-hybridized carbons (Fsp3) is 0.875. The van der Waals surface area contributed by atoms with E-state index >= 15 is 0 Å². The minimum Gasteiger partial charge on any atom is -0.369 e. The van der Waals surface area contributed by atoms with Crippen LogP contribution in [0.2, 0.25) is 0 Å². The van der Waals surface area contributed by atoms with Gasteiger partial charge in [0.05, 0.1) is 0 Å². The van der Waals surface area contributed by atoms with Gasteiger partial charge in [0.2, 0.25) is 0 Å². The Labute approximate surface area is 122 Å². The molecule has 0 aromatic carbocycles. The van der Waals surface area contributed by atoms with E-state index in [0.717, 1.165) is 23.7 Å². The van der Waals surface area contributed by atoms with Crippen LogP contribution in [0.4, 0.5) is 0 Å². The van der Waals surface area contributed by atoms with Crippen LogP contribution < -0.4 is 0 Å². The zero-order valence-electron chi connectivity index (χ0n) is 10.9. The largest absolute Gasteiger partial charge is 2.00 e. The summed E-state index contributed by atoms with van der Waals surface area (Å²) < 4.78 is 0. The van der Waals surface area contributed by atoms with E-state index in [1.165, 1.54) is 51.4 Å². The maximum Gasteiger partial charge on any atom is 2.00 e. The molecule has 96 valence electrons. The standard InChI is InChI=1S/C16H26.W/c1-12-4-2-7-15-9-8-13-5-3-6-14(10-13)11-16(12)15;/h4,12-16H,1-3,5-11H2;/q-2;+2. The van der Waals surface area contributed by atoms with Crippen LogP contribution in [0, 0.1) is 42.9 Å². The van der Waals surface area contributed by atoms with E-state index < -0.39 is 0 Å². The summed E-state index contributed by atoms with van der Waals surface area (Å²) in [6.45, 7) is 4.40. The SMILES string of the molecule is [CH2-]C1[CH-]CCC2CCC3CCCC(C3)CC12.[W+2]. The van der Waals surface area contributed by atoms with Gasteiger partial charge in [-0.15, -0.1) is 0 Å². The van der Waals surface area contributed by atoms with E-state index in [2.05, 4.69) is 13.3 Å². The second kappa shape index (κ2) is 6.22. The zero-order chi connectivity index (χ0) is 11.0. The molecule has 3 rings (SSSR count). The fourth-order valence-corrected chi connectivity index (χ4v) is 4.70. The van der Waals surface area contributed by atoms with Gasteiger partial charge in [0.15, 0.2) is 0 Å². The van der Waals surface area contributed by atoms with Crippen LogP contribution in [0.1, 0.15) is 57.8 Å². The Morgan fingerprint density at radius 2 is 1.71 bits per heavy atom. The molecule has 3 saturated carbocycles. The smallest absolute Gasteiger partial charge is 0.369 e. The Morgan fingerprint density at radius 3 is 2.59 bits per heavy atom. The summed E-state index contributed by atoms with van der Waals surface area (Å²) in [5.41, 5.74) is 0. The van der Waals surface area contributed by atoms with Crippen molar-refractivity contribution in [3.05, 3.63) is 13.3 Å². The monoisotopic (exact) mass is 402 g/mol. The van der Waals surface area contributed by atoms with Crippen LogP contribution in [0.25, 0.3) is 0 Å². The van der Waals surface area contributed by atoms with Gasteiger partial charge in [-0.1, -0.05) is 50.9 Å². The molecule has 0 nitrogen and oxygen atoms in total. The van der Waals surface area contributed by atoms with Crippen molar-refractivity contribution in [3.8, 4) is 0 Å². The maximum atomic E-state index is 4.40. The third kappa shape index (κ3) is 3.17.